The number of aliphatic imine (C=N–C) groups is 1. The zero-order valence-corrected chi connectivity index (χ0v) is 9.71. The first kappa shape index (κ1) is 10.1. The summed E-state index contributed by atoms with van der Waals surface area (Å²) in [4.78, 5) is 7.47. The smallest absolute Gasteiger partial charge is 0.197 e. The van der Waals surface area contributed by atoms with E-state index in [0.717, 1.165) is 16.5 Å². The number of fused-ring (bicyclic) bond motifs is 1. The molecule has 0 saturated carbocycles. The molecule has 17 heavy (non-hydrogen) atoms. The summed E-state index contributed by atoms with van der Waals surface area (Å²) in [5, 5.41) is 7.46. The molecule has 1 atom stereocenters. The Bertz CT molecular complexity index is 615. The number of rotatable bonds is 1. The number of aromatic nitrogens is 1. The Morgan fingerprint density at radius 1 is 1.29 bits per heavy atom. The number of H-pyrrole nitrogens is 1. The van der Waals surface area contributed by atoms with Crippen molar-refractivity contribution < 1.29 is 0 Å². The summed E-state index contributed by atoms with van der Waals surface area (Å²) in [5.74, 6) is 0.339. The minimum Gasteiger partial charge on any atom is -0.370 e. The third kappa shape index (κ3) is 1.72. The number of guanidine groups is 1. The van der Waals surface area contributed by atoms with Crippen molar-refractivity contribution >= 4 is 34.2 Å². The molecule has 1 aliphatic heterocycles. The molecule has 1 aromatic heterocycles. The molecule has 5 N–H and O–H groups in total. The first-order valence-corrected chi connectivity index (χ1v) is 5.61. The topological polar surface area (TPSA) is 78.2 Å². The molecule has 3 rings (SSSR count). The molecule has 0 amide bonds. The lowest BCUT2D eigenvalue weighted by Crippen LogP contribution is -2.49. The maximum atomic E-state index is 5.68. The summed E-state index contributed by atoms with van der Waals surface area (Å²) in [5.41, 5.74) is 7.80. The lowest BCUT2D eigenvalue weighted by atomic mass is 10.1. The molecular formula is C11H11N5S. The predicted octanol–water partition coefficient (Wildman–Crippen LogP) is 0.959. The van der Waals surface area contributed by atoms with Gasteiger partial charge in [-0.05, 0) is 24.4 Å². The first-order chi connectivity index (χ1) is 8.24. The van der Waals surface area contributed by atoms with Gasteiger partial charge in [-0.2, -0.15) is 0 Å². The van der Waals surface area contributed by atoms with E-state index in [1.807, 2.05) is 30.5 Å². The van der Waals surface area contributed by atoms with Crippen molar-refractivity contribution in [2.24, 2.45) is 10.7 Å². The first-order valence-electron chi connectivity index (χ1n) is 5.21. The van der Waals surface area contributed by atoms with E-state index in [9.17, 15) is 0 Å². The highest BCUT2D eigenvalue weighted by molar-refractivity contribution is 7.80. The fraction of sp³-hybridized carbons (Fsp3) is 0.0909. The van der Waals surface area contributed by atoms with Crippen LogP contribution < -0.4 is 16.4 Å². The molecule has 1 aliphatic rings. The van der Waals surface area contributed by atoms with E-state index >= 15 is 0 Å². The van der Waals surface area contributed by atoms with Gasteiger partial charge in [0, 0.05) is 22.7 Å². The quantitative estimate of drug-likeness (QED) is 0.564. The van der Waals surface area contributed by atoms with Gasteiger partial charge in [-0.3, -0.25) is 0 Å². The molecule has 1 aromatic carbocycles. The van der Waals surface area contributed by atoms with Gasteiger partial charge >= 0.3 is 0 Å². The Balaban J connectivity index is 2.12. The molecule has 0 saturated heterocycles. The minimum absolute atomic E-state index is 0.233. The Hall–Kier alpha value is -2.08. The highest BCUT2D eigenvalue weighted by Crippen LogP contribution is 2.25. The number of hydrogen-bond acceptors (Lipinski definition) is 3. The number of benzene rings is 1. The monoisotopic (exact) mass is 245 g/mol. The van der Waals surface area contributed by atoms with Gasteiger partial charge in [0.05, 0.1) is 0 Å². The fourth-order valence-corrected chi connectivity index (χ4v) is 2.19. The zero-order chi connectivity index (χ0) is 11.8. The summed E-state index contributed by atoms with van der Waals surface area (Å²) in [6.07, 6.45) is 1.67. The number of thiocarbonyl (C=S) groups is 1. The second-order valence-corrected chi connectivity index (χ2v) is 4.21. The van der Waals surface area contributed by atoms with Crippen LogP contribution in [0.25, 0.3) is 10.9 Å². The van der Waals surface area contributed by atoms with Crippen LogP contribution in [0.5, 0.6) is 0 Å². The number of hydrogen-bond donors (Lipinski definition) is 4. The Morgan fingerprint density at radius 3 is 3.00 bits per heavy atom. The van der Waals surface area contributed by atoms with Gasteiger partial charge in [-0.25, -0.2) is 4.99 Å². The number of nitrogens with two attached hydrogens (primary N) is 1. The van der Waals surface area contributed by atoms with Crippen LogP contribution in [0.2, 0.25) is 0 Å². The van der Waals surface area contributed by atoms with E-state index in [-0.39, 0.29) is 6.17 Å². The van der Waals surface area contributed by atoms with Crippen LogP contribution in [-0.2, 0) is 0 Å². The third-order valence-corrected chi connectivity index (χ3v) is 2.92. The van der Waals surface area contributed by atoms with Crippen LogP contribution in [0.15, 0.2) is 35.5 Å². The SMILES string of the molecule is NC1=N[C@@H](c2cccc3[nH]ccc23)NC(=S)N1. The van der Waals surface area contributed by atoms with Crippen molar-refractivity contribution in [1.82, 2.24) is 15.6 Å². The highest BCUT2D eigenvalue weighted by atomic mass is 32.1. The van der Waals surface area contributed by atoms with E-state index in [1.165, 1.54) is 0 Å². The van der Waals surface area contributed by atoms with Crippen molar-refractivity contribution in [1.29, 1.82) is 0 Å². The predicted molar refractivity (Wildman–Crippen MR) is 71.5 cm³/mol. The molecule has 5 nitrogen and oxygen atoms in total. The number of aromatic amines is 1. The molecule has 86 valence electrons. The lowest BCUT2D eigenvalue weighted by molar-refractivity contribution is 0.665. The molecule has 0 unspecified atom stereocenters. The van der Waals surface area contributed by atoms with E-state index in [4.69, 9.17) is 18.0 Å². The average Bonchev–Trinajstić information content (AvgIpc) is 2.75. The molecule has 0 bridgehead atoms. The third-order valence-electron chi connectivity index (χ3n) is 2.70. The van der Waals surface area contributed by atoms with Gasteiger partial charge in [0.2, 0.25) is 0 Å². The molecule has 0 radical (unpaired) electrons. The Morgan fingerprint density at radius 2 is 2.18 bits per heavy atom. The maximum absolute atomic E-state index is 5.68. The van der Waals surface area contributed by atoms with Gasteiger partial charge in [0.1, 0.15) is 0 Å². The van der Waals surface area contributed by atoms with Crippen LogP contribution in [0.1, 0.15) is 11.7 Å². The lowest BCUT2D eigenvalue weighted by Gasteiger charge is -2.23. The zero-order valence-electron chi connectivity index (χ0n) is 8.90. The van der Waals surface area contributed by atoms with Crippen LogP contribution in [0.4, 0.5) is 0 Å². The Kier molecular flexibility index (Phi) is 2.22. The summed E-state index contributed by atoms with van der Waals surface area (Å²) in [6.45, 7) is 0. The molecule has 6 heteroatoms. The second-order valence-electron chi connectivity index (χ2n) is 3.80. The van der Waals surface area contributed by atoms with Crippen molar-refractivity contribution in [2.75, 3.05) is 0 Å². The highest BCUT2D eigenvalue weighted by Gasteiger charge is 2.19. The molecular weight excluding hydrogens is 234 g/mol. The van der Waals surface area contributed by atoms with Crippen molar-refractivity contribution in [2.45, 2.75) is 6.17 Å². The average molecular weight is 245 g/mol. The van der Waals surface area contributed by atoms with E-state index in [2.05, 4.69) is 20.6 Å². The largest absolute Gasteiger partial charge is 0.370 e. The standard InChI is InChI=1S/C11H11N5S/c12-10-14-9(15-11(17)16-10)7-2-1-3-8-6(7)4-5-13-8/h1-5,9,13H,(H4,12,14,15,16,17)/t9-/m1/s1. The van der Waals surface area contributed by atoms with E-state index < -0.39 is 0 Å². The summed E-state index contributed by atoms with van der Waals surface area (Å²) in [7, 11) is 0. The van der Waals surface area contributed by atoms with E-state index in [1.54, 1.807) is 0 Å². The normalized spacial score (nSPS) is 19.6. The Labute approximate surface area is 103 Å². The molecule has 2 aromatic rings. The van der Waals surface area contributed by atoms with Gasteiger partial charge in [0.25, 0.3) is 0 Å². The van der Waals surface area contributed by atoms with Crippen LogP contribution in [0.3, 0.4) is 0 Å². The van der Waals surface area contributed by atoms with Crippen molar-refractivity contribution in [3.8, 4) is 0 Å². The molecule has 0 spiro atoms. The van der Waals surface area contributed by atoms with Crippen LogP contribution in [0, 0.1) is 0 Å². The molecule has 0 fully saturated rings. The minimum atomic E-state index is -0.233. The number of nitrogens with zero attached hydrogens (tertiary/aromatic N) is 1. The maximum Gasteiger partial charge on any atom is 0.197 e. The number of nitrogens with one attached hydrogen (secondary N) is 3. The van der Waals surface area contributed by atoms with Gasteiger partial charge < -0.3 is 21.4 Å². The second kappa shape index (κ2) is 3.74. The van der Waals surface area contributed by atoms with Gasteiger partial charge in [-0.1, -0.05) is 12.1 Å². The summed E-state index contributed by atoms with van der Waals surface area (Å²) < 4.78 is 0. The van der Waals surface area contributed by atoms with E-state index in [0.29, 0.717) is 11.1 Å². The van der Waals surface area contributed by atoms with Crippen molar-refractivity contribution in [3.63, 3.8) is 0 Å². The molecule has 0 aliphatic carbocycles. The van der Waals surface area contributed by atoms with Gasteiger partial charge in [-0.15, -0.1) is 0 Å². The van der Waals surface area contributed by atoms with Crippen LogP contribution >= 0.6 is 12.2 Å². The van der Waals surface area contributed by atoms with Crippen LogP contribution in [-0.4, -0.2) is 16.1 Å². The van der Waals surface area contributed by atoms with Gasteiger partial charge in [0.15, 0.2) is 17.2 Å². The summed E-state index contributed by atoms with van der Waals surface area (Å²) >= 11 is 5.07. The van der Waals surface area contributed by atoms with Crippen molar-refractivity contribution in [3.05, 3.63) is 36.0 Å². The molecule has 2 heterocycles. The fourth-order valence-electron chi connectivity index (χ4n) is 1.98. The summed E-state index contributed by atoms with van der Waals surface area (Å²) in [6, 6.07) is 8.03.